The molecule has 0 bridgehead atoms. The van der Waals surface area contributed by atoms with Crippen LogP contribution in [0.15, 0.2) is 29.7 Å². The fourth-order valence-electron chi connectivity index (χ4n) is 2.30. The highest BCUT2D eigenvalue weighted by Crippen LogP contribution is 2.38. The second-order valence-corrected chi connectivity index (χ2v) is 6.78. The van der Waals surface area contributed by atoms with Crippen molar-refractivity contribution in [2.75, 3.05) is 6.61 Å². The van der Waals surface area contributed by atoms with E-state index in [9.17, 15) is 9.90 Å². The van der Waals surface area contributed by atoms with Gasteiger partial charge in [-0.3, -0.25) is 4.79 Å². The monoisotopic (exact) mass is 318 g/mol. The number of benzene rings is 1. The predicted octanol–water partition coefficient (Wildman–Crippen LogP) is 2.32. The van der Waals surface area contributed by atoms with Gasteiger partial charge in [0.05, 0.1) is 24.2 Å². The Morgan fingerprint density at radius 1 is 1.13 bits per heavy atom. The number of carboxylic acid groups (broad SMARTS) is 1. The summed E-state index contributed by atoms with van der Waals surface area (Å²) in [7, 11) is -0.594. The number of hydrogen-bond acceptors (Lipinski definition) is 4. The second kappa shape index (κ2) is 6.47. The average Bonchev–Trinajstić information content (AvgIpc) is 2.66. The average molecular weight is 318 g/mol. The summed E-state index contributed by atoms with van der Waals surface area (Å²) in [6, 6.07) is 7.16. The van der Waals surface area contributed by atoms with E-state index >= 15 is 0 Å². The SMILES string of the molecule is CC1(C)OB(C(=Cc2ccc(CC(=O)O)cc2)CO)OC1(C)C. The van der Waals surface area contributed by atoms with Gasteiger partial charge in [-0.05, 0) is 44.3 Å². The molecular formula is C17H23BO5. The number of hydrogen-bond donors (Lipinski definition) is 2. The summed E-state index contributed by atoms with van der Waals surface area (Å²) < 4.78 is 11.9. The Morgan fingerprint density at radius 2 is 1.65 bits per heavy atom. The maximum Gasteiger partial charge on any atom is 0.492 e. The molecule has 2 N–H and O–H groups in total. The number of carboxylic acids is 1. The lowest BCUT2D eigenvalue weighted by Gasteiger charge is -2.32. The van der Waals surface area contributed by atoms with Crippen molar-refractivity contribution in [1.82, 2.24) is 0 Å². The number of carbonyl (C=O) groups is 1. The van der Waals surface area contributed by atoms with E-state index in [-0.39, 0.29) is 13.0 Å². The molecule has 23 heavy (non-hydrogen) atoms. The quantitative estimate of drug-likeness (QED) is 0.815. The minimum absolute atomic E-state index is 0.00588. The lowest BCUT2D eigenvalue weighted by Crippen LogP contribution is -2.41. The zero-order valence-electron chi connectivity index (χ0n) is 14.0. The van der Waals surface area contributed by atoms with Crippen molar-refractivity contribution < 1.29 is 24.3 Å². The number of rotatable bonds is 5. The maximum atomic E-state index is 10.7. The third-order valence-corrected chi connectivity index (χ3v) is 4.43. The first-order valence-corrected chi connectivity index (χ1v) is 7.62. The standard InChI is InChI=1S/C17H23BO5/c1-16(2)17(3,4)23-18(22-16)14(11-19)9-12-5-7-13(8-6-12)10-15(20)21/h5-9,19H,10-11H2,1-4H3,(H,20,21). The molecule has 0 unspecified atom stereocenters. The van der Waals surface area contributed by atoms with Crippen molar-refractivity contribution in [3.8, 4) is 0 Å². The first kappa shape index (κ1) is 17.7. The van der Waals surface area contributed by atoms with Crippen LogP contribution in [0.3, 0.4) is 0 Å². The Kier molecular flexibility index (Phi) is 4.99. The molecule has 2 rings (SSSR count). The topological polar surface area (TPSA) is 76.0 Å². The van der Waals surface area contributed by atoms with Gasteiger partial charge in [0.2, 0.25) is 0 Å². The Morgan fingerprint density at radius 3 is 2.09 bits per heavy atom. The smallest absolute Gasteiger partial charge is 0.481 e. The van der Waals surface area contributed by atoms with Crippen molar-refractivity contribution in [3.63, 3.8) is 0 Å². The molecule has 0 radical (unpaired) electrons. The summed E-state index contributed by atoms with van der Waals surface area (Å²) in [4.78, 5) is 10.7. The van der Waals surface area contributed by atoms with Gasteiger partial charge in [0, 0.05) is 0 Å². The van der Waals surface area contributed by atoms with Gasteiger partial charge in [-0.15, -0.1) is 0 Å². The van der Waals surface area contributed by atoms with Crippen LogP contribution in [-0.4, -0.2) is 41.1 Å². The summed E-state index contributed by atoms with van der Waals surface area (Å²) in [5, 5.41) is 18.4. The Hall–Kier alpha value is -1.63. The molecule has 0 saturated carbocycles. The van der Waals surface area contributed by atoms with Gasteiger partial charge in [-0.25, -0.2) is 0 Å². The highest BCUT2D eigenvalue weighted by molar-refractivity contribution is 6.55. The van der Waals surface area contributed by atoms with Gasteiger partial charge in [-0.2, -0.15) is 0 Å². The van der Waals surface area contributed by atoms with Crippen molar-refractivity contribution in [1.29, 1.82) is 0 Å². The van der Waals surface area contributed by atoms with Gasteiger partial charge in [-0.1, -0.05) is 30.3 Å². The first-order chi connectivity index (χ1) is 10.6. The summed E-state index contributed by atoms with van der Waals surface area (Å²) >= 11 is 0. The third kappa shape index (κ3) is 4.02. The third-order valence-electron chi connectivity index (χ3n) is 4.43. The van der Waals surface area contributed by atoms with Crippen LogP contribution >= 0.6 is 0 Å². The van der Waals surface area contributed by atoms with E-state index in [1.807, 2.05) is 45.9 Å². The zero-order chi connectivity index (χ0) is 17.3. The molecule has 124 valence electrons. The molecule has 0 atom stereocenters. The predicted molar refractivity (Wildman–Crippen MR) is 88.9 cm³/mol. The second-order valence-electron chi connectivity index (χ2n) is 6.78. The molecule has 1 aromatic carbocycles. The largest absolute Gasteiger partial charge is 0.492 e. The number of aliphatic carboxylic acids is 1. The molecule has 0 aromatic heterocycles. The van der Waals surface area contributed by atoms with Crippen molar-refractivity contribution in [2.45, 2.75) is 45.3 Å². The fourth-order valence-corrected chi connectivity index (χ4v) is 2.30. The molecular weight excluding hydrogens is 295 g/mol. The van der Waals surface area contributed by atoms with Crippen LogP contribution in [0.5, 0.6) is 0 Å². The molecule has 1 fully saturated rings. The van der Waals surface area contributed by atoms with E-state index in [0.717, 1.165) is 11.1 Å². The zero-order valence-corrected chi connectivity index (χ0v) is 14.0. The van der Waals surface area contributed by atoms with Crippen LogP contribution < -0.4 is 0 Å². The number of aliphatic hydroxyl groups is 1. The Balaban J connectivity index is 2.18. The van der Waals surface area contributed by atoms with Gasteiger partial charge in [0.15, 0.2) is 0 Å². The van der Waals surface area contributed by atoms with E-state index in [2.05, 4.69) is 0 Å². The molecule has 5 nitrogen and oxygen atoms in total. The van der Waals surface area contributed by atoms with Gasteiger partial charge >= 0.3 is 13.1 Å². The molecule has 6 heteroatoms. The van der Waals surface area contributed by atoms with Gasteiger partial charge in [0.25, 0.3) is 0 Å². The molecule has 1 aliphatic rings. The van der Waals surface area contributed by atoms with Gasteiger partial charge in [0.1, 0.15) is 0 Å². The number of aliphatic hydroxyl groups excluding tert-OH is 1. The maximum absolute atomic E-state index is 10.7. The minimum Gasteiger partial charge on any atom is -0.481 e. The Labute approximate surface area is 137 Å². The van der Waals surface area contributed by atoms with Crippen molar-refractivity contribution >= 4 is 19.2 Å². The van der Waals surface area contributed by atoms with Crippen LogP contribution in [0, 0.1) is 0 Å². The molecule has 1 aromatic rings. The molecule has 0 spiro atoms. The lowest BCUT2D eigenvalue weighted by molar-refractivity contribution is -0.136. The fraction of sp³-hybridized carbons (Fsp3) is 0.471. The highest BCUT2D eigenvalue weighted by atomic mass is 16.7. The van der Waals surface area contributed by atoms with Crippen molar-refractivity contribution in [2.24, 2.45) is 0 Å². The van der Waals surface area contributed by atoms with Crippen molar-refractivity contribution in [3.05, 3.63) is 40.9 Å². The summed E-state index contributed by atoms with van der Waals surface area (Å²) in [5.41, 5.74) is 1.30. The van der Waals surface area contributed by atoms with Gasteiger partial charge < -0.3 is 19.5 Å². The molecule has 1 saturated heterocycles. The Bertz CT molecular complexity index is 588. The van der Waals surface area contributed by atoms with Crippen LogP contribution in [0.1, 0.15) is 38.8 Å². The normalized spacial score (nSPS) is 19.9. The van der Waals surface area contributed by atoms with E-state index in [0.29, 0.717) is 5.47 Å². The highest BCUT2D eigenvalue weighted by Gasteiger charge is 2.52. The van der Waals surface area contributed by atoms with Crippen LogP contribution in [-0.2, 0) is 20.5 Å². The van der Waals surface area contributed by atoms with Crippen LogP contribution in [0.4, 0.5) is 0 Å². The van der Waals surface area contributed by atoms with E-state index in [1.54, 1.807) is 12.1 Å². The van der Waals surface area contributed by atoms with E-state index in [1.165, 1.54) is 0 Å². The molecule has 1 heterocycles. The van der Waals surface area contributed by atoms with E-state index < -0.39 is 24.3 Å². The molecule has 0 amide bonds. The van der Waals surface area contributed by atoms with Crippen LogP contribution in [0.2, 0.25) is 0 Å². The minimum atomic E-state index is -0.860. The molecule has 0 aliphatic carbocycles. The van der Waals surface area contributed by atoms with Crippen LogP contribution in [0.25, 0.3) is 6.08 Å². The molecule has 1 aliphatic heterocycles. The first-order valence-electron chi connectivity index (χ1n) is 7.62. The summed E-state index contributed by atoms with van der Waals surface area (Å²) in [6.07, 6.45) is 1.81. The summed E-state index contributed by atoms with van der Waals surface area (Å²) in [5.74, 6) is -0.860. The summed E-state index contributed by atoms with van der Waals surface area (Å²) in [6.45, 7) is 7.67. The van der Waals surface area contributed by atoms with E-state index in [4.69, 9.17) is 14.4 Å². The lowest BCUT2D eigenvalue weighted by atomic mass is 9.77.